The zero-order valence-electron chi connectivity index (χ0n) is 8.36. The van der Waals surface area contributed by atoms with Crippen molar-refractivity contribution in [2.24, 2.45) is 0 Å². The maximum absolute atomic E-state index is 5.44. The van der Waals surface area contributed by atoms with Crippen LogP contribution >= 0.6 is 17.1 Å². The van der Waals surface area contributed by atoms with Crippen molar-refractivity contribution in [2.75, 3.05) is 12.4 Å². The number of allylic oxidation sites excluding steroid dienone is 1. The molecular weight excluding hydrogens is 223 g/mol. The van der Waals surface area contributed by atoms with Crippen molar-refractivity contribution >= 4 is 28.9 Å². The van der Waals surface area contributed by atoms with E-state index in [1.807, 2.05) is 13.0 Å². The van der Waals surface area contributed by atoms with Crippen molar-refractivity contribution < 1.29 is 9.05 Å². The molecule has 5 heteroatoms. The normalized spacial score (nSPS) is 15.9. The largest absolute Gasteiger partial charge is 0.444 e. The maximum atomic E-state index is 5.44. The fraction of sp³-hybridized carbons (Fsp3) is 0.750. The molecule has 0 spiro atoms. The first-order valence-corrected chi connectivity index (χ1v) is 8.64. The Morgan fingerprint density at radius 3 is 2.54 bits per heavy atom. The predicted octanol–water partition coefficient (Wildman–Crippen LogP) is 3.94. The summed E-state index contributed by atoms with van der Waals surface area (Å²) in [5.41, 5.74) is -2.09. The molecule has 0 aliphatic rings. The molecule has 13 heavy (non-hydrogen) atoms. The van der Waals surface area contributed by atoms with Crippen LogP contribution in [0, 0.1) is 0 Å². The Morgan fingerprint density at radius 2 is 2.08 bits per heavy atom. The second-order valence-corrected chi connectivity index (χ2v) is 8.72. The second kappa shape index (κ2) is 7.86. The molecular formula is C8H17O2PS2. The molecule has 0 saturated carbocycles. The molecule has 0 N–H and O–H groups in total. The van der Waals surface area contributed by atoms with Crippen LogP contribution in [0.3, 0.4) is 0 Å². The Bertz CT molecular complexity index is 185. The summed E-state index contributed by atoms with van der Waals surface area (Å²) in [5, 5.41) is 0. The smallest absolute Gasteiger partial charge is 0.296 e. The zero-order chi connectivity index (χ0) is 10.2. The highest BCUT2D eigenvalue weighted by Crippen LogP contribution is 2.60. The van der Waals surface area contributed by atoms with Crippen molar-refractivity contribution in [3.63, 3.8) is 0 Å². The number of hydrogen-bond donors (Lipinski definition) is 0. The quantitative estimate of drug-likeness (QED) is 0.495. The minimum Gasteiger partial charge on any atom is -0.444 e. The van der Waals surface area contributed by atoms with Gasteiger partial charge in [0.05, 0.1) is 12.9 Å². The number of rotatable bonds is 7. The third-order valence-corrected chi connectivity index (χ3v) is 6.45. The van der Waals surface area contributed by atoms with Crippen LogP contribution in [-0.2, 0) is 20.9 Å². The zero-order valence-corrected chi connectivity index (χ0v) is 10.9. The summed E-state index contributed by atoms with van der Waals surface area (Å²) in [5.74, 6) is 0.928. The van der Waals surface area contributed by atoms with Crippen LogP contribution in [0.4, 0.5) is 0 Å². The van der Waals surface area contributed by atoms with Gasteiger partial charge < -0.3 is 9.05 Å². The molecule has 78 valence electrons. The molecule has 0 amide bonds. The van der Waals surface area contributed by atoms with E-state index in [0.717, 1.165) is 12.2 Å². The van der Waals surface area contributed by atoms with Gasteiger partial charge in [-0.15, -0.1) is 0 Å². The van der Waals surface area contributed by atoms with Crippen LogP contribution in [0.2, 0.25) is 0 Å². The molecule has 0 heterocycles. The second-order valence-electron chi connectivity index (χ2n) is 2.17. The summed E-state index contributed by atoms with van der Waals surface area (Å²) >= 11 is 6.88. The highest BCUT2D eigenvalue weighted by molar-refractivity contribution is 8.67. The van der Waals surface area contributed by atoms with Crippen LogP contribution < -0.4 is 0 Å². The van der Waals surface area contributed by atoms with Crippen molar-refractivity contribution in [2.45, 2.75) is 27.2 Å². The van der Waals surface area contributed by atoms with Gasteiger partial charge in [-0.25, -0.2) is 0 Å². The summed E-state index contributed by atoms with van der Waals surface area (Å²) < 4.78 is 10.9. The summed E-state index contributed by atoms with van der Waals surface area (Å²) in [4.78, 5) is 0. The van der Waals surface area contributed by atoms with Crippen molar-refractivity contribution in [3.05, 3.63) is 12.3 Å². The third kappa shape index (κ3) is 6.55. The van der Waals surface area contributed by atoms with Gasteiger partial charge in [-0.1, -0.05) is 25.2 Å². The minimum atomic E-state index is -2.09. The lowest BCUT2D eigenvalue weighted by atomic mass is 10.5. The highest BCUT2D eigenvalue weighted by atomic mass is 32.9. The Kier molecular flexibility index (Phi) is 8.17. The summed E-state index contributed by atoms with van der Waals surface area (Å²) in [6, 6.07) is 0. The van der Waals surface area contributed by atoms with Gasteiger partial charge in [0, 0.05) is 5.75 Å². The molecule has 0 aliphatic heterocycles. The van der Waals surface area contributed by atoms with E-state index in [9.17, 15) is 0 Å². The van der Waals surface area contributed by atoms with Gasteiger partial charge >= 0.3 is 0 Å². The van der Waals surface area contributed by atoms with Gasteiger partial charge in [0.25, 0.3) is 5.69 Å². The molecule has 1 atom stereocenters. The van der Waals surface area contributed by atoms with Crippen LogP contribution in [0.1, 0.15) is 27.2 Å². The molecule has 0 aliphatic carbocycles. The van der Waals surface area contributed by atoms with Crippen LogP contribution in [0.25, 0.3) is 0 Å². The first-order valence-electron chi connectivity index (χ1n) is 4.41. The van der Waals surface area contributed by atoms with E-state index in [1.54, 1.807) is 17.6 Å². The predicted molar refractivity (Wildman–Crippen MR) is 64.6 cm³/mol. The fourth-order valence-electron chi connectivity index (χ4n) is 0.628. The monoisotopic (exact) mass is 240 g/mol. The van der Waals surface area contributed by atoms with E-state index in [2.05, 4.69) is 13.8 Å². The highest BCUT2D eigenvalue weighted by Gasteiger charge is 2.17. The van der Waals surface area contributed by atoms with Gasteiger partial charge in [-0.05, 0) is 31.2 Å². The summed E-state index contributed by atoms with van der Waals surface area (Å²) in [6.45, 7) is 6.66. The molecule has 0 fully saturated rings. The molecule has 0 aromatic heterocycles. The van der Waals surface area contributed by atoms with Gasteiger partial charge in [-0.3, -0.25) is 0 Å². The topological polar surface area (TPSA) is 18.5 Å². The van der Waals surface area contributed by atoms with Crippen molar-refractivity contribution in [1.82, 2.24) is 0 Å². The molecule has 0 aromatic rings. The Hall–Kier alpha value is 0.500. The van der Waals surface area contributed by atoms with E-state index < -0.39 is 5.69 Å². The molecule has 0 bridgehead atoms. The summed E-state index contributed by atoms with van der Waals surface area (Å²) in [7, 11) is 0. The Balaban J connectivity index is 4.07. The Labute approximate surface area is 90.0 Å². The number of hydrogen-bond acceptors (Lipinski definition) is 4. The lowest BCUT2D eigenvalue weighted by Crippen LogP contribution is -1.87. The first-order chi connectivity index (χ1) is 6.18. The average molecular weight is 240 g/mol. The minimum absolute atomic E-state index is 0.615. The van der Waals surface area contributed by atoms with Gasteiger partial charge in [0.15, 0.2) is 0 Å². The Morgan fingerprint density at radius 1 is 1.38 bits per heavy atom. The molecule has 1 unspecified atom stereocenters. The van der Waals surface area contributed by atoms with E-state index in [-0.39, 0.29) is 0 Å². The van der Waals surface area contributed by atoms with Crippen LogP contribution in [0.15, 0.2) is 12.3 Å². The van der Waals surface area contributed by atoms with E-state index in [0.29, 0.717) is 6.61 Å². The van der Waals surface area contributed by atoms with Gasteiger partial charge in [0.1, 0.15) is 0 Å². The van der Waals surface area contributed by atoms with Gasteiger partial charge in [0.2, 0.25) is 0 Å². The van der Waals surface area contributed by atoms with Crippen LogP contribution in [-0.4, -0.2) is 12.4 Å². The molecule has 0 radical (unpaired) electrons. The van der Waals surface area contributed by atoms with Gasteiger partial charge in [-0.2, -0.15) is 0 Å². The first kappa shape index (κ1) is 13.5. The standard InChI is InChI=1S/C8H17O2PS2/c1-4-7-8-10-11(12,9-5-2)13-6-3/h7-8H,4-6H2,1-3H3. The summed E-state index contributed by atoms with van der Waals surface area (Å²) in [6.07, 6.45) is 4.56. The third-order valence-electron chi connectivity index (χ3n) is 1.10. The van der Waals surface area contributed by atoms with E-state index in [1.165, 1.54) is 0 Å². The molecule has 2 nitrogen and oxygen atoms in total. The van der Waals surface area contributed by atoms with E-state index >= 15 is 0 Å². The molecule has 0 rings (SSSR count). The lowest BCUT2D eigenvalue weighted by Gasteiger charge is -2.18. The molecule has 0 aromatic carbocycles. The average Bonchev–Trinajstić information content (AvgIpc) is 2.05. The fourth-order valence-corrected chi connectivity index (χ4v) is 4.93. The van der Waals surface area contributed by atoms with Crippen molar-refractivity contribution in [3.8, 4) is 0 Å². The SMILES string of the molecule is CCC=COP(=S)(OCC)SCC. The van der Waals surface area contributed by atoms with Crippen molar-refractivity contribution in [1.29, 1.82) is 0 Å². The molecule has 0 saturated heterocycles. The van der Waals surface area contributed by atoms with E-state index in [4.69, 9.17) is 20.9 Å². The maximum Gasteiger partial charge on any atom is 0.296 e. The lowest BCUT2D eigenvalue weighted by molar-refractivity contribution is 0.328. The van der Waals surface area contributed by atoms with Crippen LogP contribution in [0.5, 0.6) is 0 Å².